The smallest absolute Gasteiger partial charge is 0.269 e. The minimum absolute atomic E-state index is 0.00566. The molecular weight excluding hydrogens is 348 g/mol. The van der Waals surface area contributed by atoms with Crippen molar-refractivity contribution in [3.05, 3.63) is 69.3 Å². The van der Waals surface area contributed by atoms with Crippen molar-refractivity contribution in [3.63, 3.8) is 0 Å². The number of benzene rings is 2. The summed E-state index contributed by atoms with van der Waals surface area (Å²) in [5, 5.41) is 17.1. The summed E-state index contributed by atoms with van der Waals surface area (Å²) in [5.74, 6) is -0.650. The molecule has 8 heteroatoms. The molecule has 0 heterocycles. The first-order chi connectivity index (χ1) is 12.9. The molecule has 0 radical (unpaired) electrons. The van der Waals surface area contributed by atoms with Crippen LogP contribution in [0.2, 0.25) is 0 Å². The minimum Gasteiger partial charge on any atom is -0.326 e. The lowest BCUT2D eigenvalue weighted by Crippen LogP contribution is -2.21. The van der Waals surface area contributed by atoms with Gasteiger partial charge in [0.2, 0.25) is 11.8 Å². The van der Waals surface area contributed by atoms with Gasteiger partial charge in [0.05, 0.1) is 11.1 Å². The molecule has 0 aromatic heterocycles. The standard InChI is InChI=1S/C19H20N4O4/c1-13-4-3-5-17(14(13)2)21-18(24)10-11-19(25)22-20-12-15-6-8-16(9-7-15)23(26)27/h3-9,12H,10-11H2,1-2H3,(H,21,24)(H,22,25). The van der Waals surface area contributed by atoms with Crippen LogP contribution in [0.25, 0.3) is 0 Å². The number of rotatable bonds is 7. The number of amides is 2. The third-order valence-electron chi connectivity index (χ3n) is 3.96. The Morgan fingerprint density at radius 2 is 1.74 bits per heavy atom. The summed E-state index contributed by atoms with van der Waals surface area (Å²) < 4.78 is 0. The topological polar surface area (TPSA) is 114 Å². The first-order valence-corrected chi connectivity index (χ1v) is 8.29. The molecule has 0 bridgehead atoms. The highest BCUT2D eigenvalue weighted by Gasteiger charge is 2.09. The lowest BCUT2D eigenvalue weighted by Gasteiger charge is -2.10. The average Bonchev–Trinajstić information content (AvgIpc) is 2.64. The van der Waals surface area contributed by atoms with Crippen LogP contribution in [0, 0.1) is 24.0 Å². The van der Waals surface area contributed by atoms with Crippen molar-refractivity contribution in [2.45, 2.75) is 26.7 Å². The number of carbonyl (C=O) groups excluding carboxylic acids is 2. The maximum atomic E-state index is 12.0. The van der Waals surface area contributed by atoms with Crippen LogP contribution < -0.4 is 10.7 Å². The molecule has 2 aromatic rings. The molecule has 140 valence electrons. The zero-order valence-corrected chi connectivity index (χ0v) is 15.1. The molecule has 27 heavy (non-hydrogen) atoms. The van der Waals surface area contributed by atoms with Crippen molar-refractivity contribution < 1.29 is 14.5 Å². The fourth-order valence-electron chi connectivity index (χ4n) is 2.24. The number of nitro groups is 1. The lowest BCUT2D eigenvalue weighted by molar-refractivity contribution is -0.384. The molecule has 2 amide bonds. The van der Waals surface area contributed by atoms with Crippen molar-refractivity contribution >= 4 is 29.4 Å². The molecule has 0 aliphatic carbocycles. The predicted octanol–water partition coefficient (Wildman–Crippen LogP) is 3.08. The van der Waals surface area contributed by atoms with E-state index in [2.05, 4.69) is 15.8 Å². The number of carbonyl (C=O) groups is 2. The van der Waals surface area contributed by atoms with Crippen molar-refractivity contribution in [1.82, 2.24) is 5.43 Å². The Labute approximate surface area is 156 Å². The van der Waals surface area contributed by atoms with E-state index in [-0.39, 0.29) is 24.4 Å². The van der Waals surface area contributed by atoms with Gasteiger partial charge in [-0.1, -0.05) is 12.1 Å². The summed E-state index contributed by atoms with van der Waals surface area (Å²) in [4.78, 5) is 33.8. The number of nitro benzene ring substituents is 1. The number of anilines is 1. The number of non-ortho nitro benzene ring substituents is 1. The molecule has 0 fully saturated rings. The van der Waals surface area contributed by atoms with Gasteiger partial charge >= 0.3 is 0 Å². The Morgan fingerprint density at radius 1 is 1.07 bits per heavy atom. The predicted molar refractivity (Wildman–Crippen MR) is 103 cm³/mol. The third kappa shape index (κ3) is 6.03. The quantitative estimate of drug-likeness (QED) is 0.444. The first-order valence-electron chi connectivity index (χ1n) is 8.29. The molecule has 0 atom stereocenters. The first kappa shape index (κ1) is 19.8. The second-order valence-electron chi connectivity index (χ2n) is 5.94. The van der Waals surface area contributed by atoms with Crippen LogP contribution in [-0.4, -0.2) is 23.0 Å². The van der Waals surface area contributed by atoms with Gasteiger partial charge in [-0.3, -0.25) is 19.7 Å². The number of hydrogen-bond acceptors (Lipinski definition) is 5. The fourth-order valence-corrected chi connectivity index (χ4v) is 2.24. The van der Waals surface area contributed by atoms with Crippen LogP contribution in [0.4, 0.5) is 11.4 Å². The molecule has 2 rings (SSSR count). The van der Waals surface area contributed by atoms with E-state index in [1.165, 1.54) is 30.5 Å². The Hall–Kier alpha value is -3.55. The zero-order chi connectivity index (χ0) is 19.8. The average molecular weight is 368 g/mol. The Morgan fingerprint density at radius 3 is 2.41 bits per heavy atom. The van der Waals surface area contributed by atoms with Gasteiger partial charge in [0.1, 0.15) is 0 Å². The molecule has 0 spiro atoms. The van der Waals surface area contributed by atoms with Gasteiger partial charge in [-0.2, -0.15) is 5.10 Å². The van der Waals surface area contributed by atoms with Crippen molar-refractivity contribution in [2.75, 3.05) is 5.32 Å². The molecular formula is C19H20N4O4. The van der Waals surface area contributed by atoms with Crippen LogP contribution in [0.15, 0.2) is 47.6 Å². The number of hydrazone groups is 1. The Bertz CT molecular complexity index is 876. The van der Waals surface area contributed by atoms with Crippen molar-refractivity contribution in [2.24, 2.45) is 5.10 Å². The Balaban J connectivity index is 1.77. The van der Waals surface area contributed by atoms with Crippen molar-refractivity contribution in [3.8, 4) is 0 Å². The van der Waals surface area contributed by atoms with Gasteiger partial charge in [-0.05, 0) is 48.7 Å². The van der Waals surface area contributed by atoms with Crippen LogP contribution in [0.3, 0.4) is 0 Å². The van der Waals surface area contributed by atoms with Gasteiger partial charge in [0.15, 0.2) is 0 Å². The maximum absolute atomic E-state index is 12.0. The summed E-state index contributed by atoms with van der Waals surface area (Å²) in [6, 6.07) is 11.4. The second-order valence-corrected chi connectivity index (χ2v) is 5.94. The van der Waals surface area contributed by atoms with Gasteiger partial charge < -0.3 is 5.32 Å². The largest absolute Gasteiger partial charge is 0.326 e. The minimum atomic E-state index is -0.494. The SMILES string of the molecule is Cc1cccc(NC(=O)CCC(=O)NN=Cc2ccc([N+](=O)[O-])cc2)c1C. The highest BCUT2D eigenvalue weighted by atomic mass is 16.6. The normalized spacial score (nSPS) is 10.6. The molecule has 2 N–H and O–H groups in total. The van der Waals surface area contributed by atoms with Crippen LogP contribution in [-0.2, 0) is 9.59 Å². The van der Waals surface area contributed by atoms with E-state index in [1.807, 2.05) is 32.0 Å². The van der Waals surface area contributed by atoms with E-state index >= 15 is 0 Å². The van der Waals surface area contributed by atoms with E-state index in [0.29, 0.717) is 5.56 Å². The van der Waals surface area contributed by atoms with E-state index in [9.17, 15) is 19.7 Å². The summed E-state index contributed by atoms with van der Waals surface area (Å²) in [7, 11) is 0. The van der Waals surface area contributed by atoms with Crippen LogP contribution in [0.5, 0.6) is 0 Å². The van der Waals surface area contributed by atoms with Crippen LogP contribution in [0.1, 0.15) is 29.5 Å². The van der Waals surface area contributed by atoms with E-state index in [1.54, 1.807) is 0 Å². The molecule has 0 unspecified atom stereocenters. The lowest BCUT2D eigenvalue weighted by atomic mass is 10.1. The van der Waals surface area contributed by atoms with Gasteiger partial charge in [-0.25, -0.2) is 5.43 Å². The van der Waals surface area contributed by atoms with E-state index in [0.717, 1.165) is 16.8 Å². The molecule has 8 nitrogen and oxygen atoms in total. The number of hydrogen-bond donors (Lipinski definition) is 2. The number of nitrogens with one attached hydrogen (secondary N) is 2. The van der Waals surface area contributed by atoms with Gasteiger partial charge in [0.25, 0.3) is 5.69 Å². The molecule has 0 saturated heterocycles. The van der Waals surface area contributed by atoms with Gasteiger partial charge in [0, 0.05) is 30.7 Å². The molecule has 0 aliphatic rings. The van der Waals surface area contributed by atoms with E-state index in [4.69, 9.17) is 0 Å². The Kier molecular flexibility index (Phi) is 6.76. The highest BCUT2D eigenvalue weighted by Crippen LogP contribution is 2.18. The monoisotopic (exact) mass is 368 g/mol. The fraction of sp³-hybridized carbons (Fsp3) is 0.211. The summed E-state index contributed by atoms with van der Waals surface area (Å²) in [6.07, 6.45) is 1.40. The molecule has 2 aromatic carbocycles. The number of nitrogens with zero attached hydrogens (tertiary/aromatic N) is 2. The van der Waals surface area contributed by atoms with E-state index < -0.39 is 10.8 Å². The van der Waals surface area contributed by atoms with Crippen molar-refractivity contribution in [1.29, 1.82) is 0 Å². The van der Waals surface area contributed by atoms with Gasteiger partial charge in [-0.15, -0.1) is 0 Å². The zero-order valence-electron chi connectivity index (χ0n) is 15.1. The second kappa shape index (κ2) is 9.23. The molecule has 0 aliphatic heterocycles. The summed E-state index contributed by atoms with van der Waals surface area (Å²) in [6.45, 7) is 3.88. The maximum Gasteiger partial charge on any atom is 0.269 e. The number of aryl methyl sites for hydroxylation is 1. The molecule has 0 saturated carbocycles. The third-order valence-corrected chi connectivity index (χ3v) is 3.96. The van der Waals surface area contributed by atoms with Crippen LogP contribution >= 0.6 is 0 Å². The summed E-state index contributed by atoms with van der Waals surface area (Å²) in [5.41, 5.74) is 5.70. The summed E-state index contributed by atoms with van der Waals surface area (Å²) >= 11 is 0. The highest BCUT2D eigenvalue weighted by molar-refractivity contribution is 5.94.